The number of nitrogens with one attached hydrogen (secondary N) is 1. The van der Waals surface area contributed by atoms with E-state index in [9.17, 15) is 0 Å². The number of hydrogen-bond acceptors (Lipinski definition) is 3. The Hall–Kier alpha value is -1.58. The molecule has 110 valence electrons. The fourth-order valence-electron chi connectivity index (χ4n) is 3.82. The van der Waals surface area contributed by atoms with Crippen LogP contribution in [0.2, 0.25) is 0 Å². The highest BCUT2D eigenvalue weighted by Gasteiger charge is 2.35. The number of ether oxygens (including phenoxy) is 1. The second-order valence-electron chi connectivity index (χ2n) is 6.35. The molecule has 21 heavy (non-hydrogen) atoms. The smallest absolute Gasteiger partial charge is 0.119 e. The molecule has 0 bridgehead atoms. The highest BCUT2D eigenvalue weighted by atomic mass is 16.5. The molecule has 0 aromatic heterocycles. The van der Waals surface area contributed by atoms with E-state index in [4.69, 9.17) is 4.74 Å². The van der Waals surface area contributed by atoms with Crippen molar-refractivity contribution in [2.45, 2.75) is 19.0 Å². The monoisotopic (exact) mass is 282 g/mol. The lowest BCUT2D eigenvalue weighted by molar-refractivity contribution is 0.307. The van der Waals surface area contributed by atoms with Gasteiger partial charge < -0.3 is 10.1 Å². The van der Waals surface area contributed by atoms with Gasteiger partial charge in [-0.15, -0.1) is 0 Å². The topological polar surface area (TPSA) is 24.5 Å². The van der Waals surface area contributed by atoms with Crippen LogP contribution in [-0.2, 0) is 6.54 Å². The summed E-state index contributed by atoms with van der Waals surface area (Å²) in [6.07, 6.45) is 1.35. The van der Waals surface area contributed by atoms with E-state index in [1.165, 1.54) is 42.4 Å². The van der Waals surface area contributed by atoms with E-state index in [1.807, 2.05) is 6.07 Å². The fraction of sp³-hybridized carbons (Fsp3) is 0.444. The molecule has 2 saturated heterocycles. The van der Waals surface area contributed by atoms with Gasteiger partial charge in [0.2, 0.25) is 0 Å². The molecule has 0 spiro atoms. The van der Waals surface area contributed by atoms with E-state index in [0.29, 0.717) is 0 Å². The highest BCUT2D eigenvalue weighted by Crippen LogP contribution is 2.27. The van der Waals surface area contributed by atoms with Gasteiger partial charge in [-0.1, -0.05) is 18.2 Å². The van der Waals surface area contributed by atoms with Crippen molar-refractivity contribution in [3.63, 3.8) is 0 Å². The van der Waals surface area contributed by atoms with Gasteiger partial charge in [-0.3, -0.25) is 4.90 Å². The zero-order chi connectivity index (χ0) is 14.2. The van der Waals surface area contributed by atoms with Crippen LogP contribution in [0.15, 0.2) is 36.4 Å². The third-order valence-corrected chi connectivity index (χ3v) is 4.96. The van der Waals surface area contributed by atoms with E-state index >= 15 is 0 Å². The molecule has 2 aromatic rings. The van der Waals surface area contributed by atoms with E-state index in [1.54, 1.807) is 7.11 Å². The minimum atomic E-state index is 0.731. The second kappa shape index (κ2) is 5.32. The fourth-order valence-corrected chi connectivity index (χ4v) is 3.82. The van der Waals surface area contributed by atoms with Gasteiger partial charge in [-0.2, -0.15) is 0 Å². The summed E-state index contributed by atoms with van der Waals surface area (Å²) in [6.45, 7) is 4.72. The number of nitrogens with zero attached hydrogens (tertiary/aromatic N) is 1. The van der Waals surface area contributed by atoms with Crippen molar-refractivity contribution in [1.82, 2.24) is 10.2 Å². The van der Waals surface area contributed by atoms with Crippen molar-refractivity contribution < 1.29 is 4.74 Å². The van der Waals surface area contributed by atoms with Crippen LogP contribution < -0.4 is 10.1 Å². The molecule has 4 rings (SSSR count). The lowest BCUT2D eigenvalue weighted by Crippen LogP contribution is -2.29. The van der Waals surface area contributed by atoms with Crippen LogP contribution >= 0.6 is 0 Å². The molecule has 0 aliphatic carbocycles. The molecule has 2 aliphatic rings. The zero-order valence-electron chi connectivity index (χ0n) is 12.5. The Balaban J connectivity index is 1.52. The largest absolute Gasteiger partial charge is 0.497 e. The molecule has 2 aromatic carbocycles. The molecule has 1 N–H and O–H groups in total. The van der Waals surface area contributed by atoms with Crippen molar-refractivity contribution in [2.75, 3.05) is 26.7 Å². The first-order valence-electron chi connectivity index (χ1n) is 7.84. The number of fused-ring (bicyclic) bond motifs is 2. The minimum absolute atomic E-state index is 0.731. The molecular formula is C18H22N2O. The van der Waals surface area contributed by atoms with Gasteiger partial charge in [0.1, 0.15) is 5.75 Å². The Bertz CT molecular complexity index is 643. The number of hydrogen-bond donors (Lipinski definition) is 1. The van der Waals surface area contributed by atoms with E-state index < -0.39 is 0 Å². The van der Waals surface area contributed by atoms with E-state index in [2.05, 4.69) is 40.5 Å². The average Bonchev–Trinajstić information content (AvgIpc) is 3.08. The lowest BCUT2D eigenvalue weighted by Gasteiger charge is -2.17. The summed E-state index contributed by atoms with van der Waals surface area (Å²) in [5, 5.41) is 6.17. The molecule has 2 aliphatic heterocycles. The lowest BCUT2D eigenvalue weighted by atomic mass is 10.1. The van der Waals surface area contributed by atoms with Crippen molar-refractivity contribution >= 4 is 10.8 Å². The van der Waals surface area contributed by atoms with Crippen LogP contribution in [0.5, 0.6) is 5.75 Å². The van der Waals surface area contributed by atoms with Crippen molar-refractivity contribution in [1.29, 1.82) is 0 Å². The van der Waals surface area contributed by atoms with Crippen LogP contribution in [0.4, 0.5) is 0 Å². The second-order valence-corrected chi connectivity index (χ2v) is 6.35. The van der Waals surface area contributed by atoms with Crippen LogP contribution in [0.3, 0.4) is 0 Å². The molecule has 0 radical (unpaired) electrons. The number of rotatable bonds is 3. The van der Waals surface area contributed by atoms with Gasteiger partial charge in [0.05, 0.1) is 7.11 Å². The van der Waals surface area contributed by atoms with Gasteiger partial charge in [0.15, 0.2) is 0 Å². The molecule has 2 atom stereocenters. The molecule has 2 heterocycles. The average molecular weight is 282 g/mol. The number of methoxy groups -OCH3 is 1. The Kier molecular flexibility index (Phi) is 3.32. The van der Waals surface area contributed by atoms with Gasteiger partial charge in [0, 0.05) is 25.7 Å². The molecule has 0 amide bonds. The molecule has 3 nitrogen and oxygen atoms in total. The van der Waals surface area contributed by atoms with Crippen LogP contribution in [0, 0.1) is 5.92 Å². The maximum atomic E-state index is 5.29. The summed E-state index contributed by atoms with van der Waals surface area (Å²) in [7, 11) is 1.72. The van der Waals surface area contributed by atoms with Crippen LogP contribution in [0.25, 0.3) is 10.8 Å². The van der Waals surface area contributed by atoms with Gasteiger partial charge >= 0.3 is 0 Å². The predicted octanol–water partition coefficient (Wildman–Crippen LogP) is 2.64. The Morgan fingerprint density at radius 3 is 2.86 bits per heavy atom. The molecule has 0 saturated carbocycles. The zero-order valence-corrected chi connectivity index (χ0v) is 12.5. The standard InChI is InChI=1S/C18H22N2O/c1-21-17-5-4-14-8-13(2-3-15(14)9-17)10-20-11-16-6-7-19-18(16)12-20/h2-5,8-9,16,18-19H,6-7,10-12H2,1H3/t16-,18+/m1/s1. The van der Waals surface area contributed by atoms with E-state index in [0.717, 1.165) is 24.3 Å². The molecule has 0 unspecified atom stereocenters. The SMILES string of the molecule is COc1ccc2cc(CN3C[C@H]4CCN[C@H]4C3)ccc2c1. The highest BCUT2D eigenvalue weighted by molar-refractivity contribution is 5.84. The summed E-state index contributed by atoms with van der Waals surface area (Å²) < 4.78 is 5.29. The normalized spacial score (nSPS) is 25.4. The Morgan fingerprint density at radius 2 is 2.00 bits per heavy atom. The predicted molar refractivity (Wildman–Crippen MR) is 85.7 cm³/mol. The van der Waals surface area contributed by atoms with Crippen LogP contribution in [-0.4, -0.2) is 37.7 Å². The van der Waals surface area contributed by atoms with Crippen molar-refractivity contribution in [2.24, 2.45) is 5.92 Å². The molecule has 3 heteroatoms. The quantitative estimate of drug-likeness (QED) is 0.936. The Labute approximate surface area is 125 Å². The first-order valence-corrected chi connectivity index (χ1v) is 7.84. The summed E-state index contributed by atoms with van der Waals surface area (Å²) in [5.41, 5.74) is 1.41. The number of benzene rings is 2. The van der Waals surface area contributed by atoms with E-state index in [-0.39, 0.29) is 0 Å². The maximum absolute atomic E-state index is 5.29. The maximum Gasteiger partial charge on any atom is 0.119 e. The third kappa shape index (κ3) is 2.52. The molecular weight excluding hydrogens is 260 g/mol. The van der Waals surface area contributed by atoms with Gasteiger partial charge in [0.25, 0.3) is 0 Å². The Morgan fingerprint density at radius 1 is 1.14 bits per heavy atom. The summed E-state index contributed by atoms with van der Waals surface area (Å²) >= 11 is 0. The summed E-state index contributed by atoms with van der Waals surface area (Å²) in [6, 6.07) is 13.8. The third-order valence-electron chi connectivity index (χ3n) is 4.96. The molecule has 2 fully saturated rings. The van der Waals surface area contributed by atoms with Gasteiger partial charge in [-0.05, 0) is 53.4 Å². The summed E-state index contributed by atoms with van der Waals surface area (Å²) in [5.74, 6) is 1.79. The first kappa shape index (κ1) is 13.1. The number of likely N-dealkylation sites (tertiary alicyclic amines) is 1. The van der Waals surface area contributed by atoms with Crippen molar-refractivity contribution in [3.8, 4) is 5.75 Å². The van der Waals surface area contributed by atoms with Crippen molar-refractivity contribution in [3.05, 3.63) is 42.0 Å². The summed E-state index contributed by atoms with van der Waals surface area (Å²) in [4.78, 5) is 2.59. The first-order chi connectivity index (χ1) is 10.3. The van der Waals surface area contributed by atoms with Crippen LogP contribution in [0.1, 0.15) is 12.0 Å². The minimum Gasteiger partial charge on any atom is -0.497 e. The van der Waals surface area contributed by atoms with Gasteiger partial charge in [-0.25, -0.2) is 0 Å².